The molecule has 0 radical (unpaired) electrons. The van der Waals surface area contributed by atoms with E-state index in [0.717, 1.165) is 40.3 Å². The minimum absolute atomic E-state index is 0.0473. The number of benzene rings is 2. The Morgan fingerprint density at radius 1 is 1.00 bits per heavy atom. The molecule has 1 amide bonds. The van der Waals surface area contributed by atoms with Crippen LogP contribution in [0.2, 0.25) is 0 Å². The summed E-state index contributed by atoms with van der Waals surface area (Å²) in [6.45, 7) is 5.33. The summed E-state index contributed by atoms with van der Waals surface area (Å²) in [4.78, 5) is 23.9. The number of amides is 1. The topological polar surface area (TPSA) is 66.9 Å². The number of fused-ring (bicyclic) bond motifs is 1. The molecule has 0 saturated heterocycles. The smallest absolute Gasteiger partial charge is 0.251 e. The van der Waals surface area contributed by atoms with Crippen LogP contribution in [0.3, 0.4) is 0 Å². The van der Waals surface area contributed by atoms with Gasteiger partial charge in [0.15, 0.2) is 0 Å². The van der Waals surface area contributed by atoms with Gasteiger partial charge in [-0.25, -0.2) is 9.97 Å². The number of carbonyl (C=O) groups excluding carboxylic acids is 1. The third-order valence-electron chi connectivity index (χ3n) is 5.12. The summed E-state index contributed by atoms with van der Waals surface area (Å²) in [5.41, 5.74) is 2.98. The molecule has 0 unspecified atom stereocenters. The largest absolute Gasteiger partial charge is 0.365 e. The van der Waals surface area contributed by atoms with Crippen LogP contribution in [0.5, 0.6) is 0 Å². The fraction of sp³-hybridized carbons (Fsp3) is 0.240. The normalized spacial score (nSPS) is 10.9. The van der Waals surface area contributed by atoms with Crippen molar-refractivity contribution >= 4 is 33.3 Å². The molecule has 4 rings (SSSR count). The first-order chi connectivity index (χ1) is 15.1. The number of anilines is 1. The van der Waals surface area contributed by atoms with Gasteiger partial charge in [0, 0.05) is 23.5 Å². The van der Waals surface area contributed by atoms with E-state index in [4.69, 9.17) is 0 Å². The first-order valence-electron chi connectivity index (χ1n) is 10.5. The lowest BCUT2D eigenvalue weighted by atomic mass is 10.1. The van der Waals surface area contributed by atoms with E-state index in [0.29, 0.717) is 18.7 Å². The molecule has 0 bridgehead atoms. The van der Waals surface area contributed by atoms with Crippen molar-refractivity contribution in [1.82, 2.24) is 15.3 Å². The summed E-state index contributed by atoms with van der Waals surface area (Å²) >= 11 is 1.72. The van der Waals surface area contributed by atoms with E-state index in [9.17, 15) is 4.79 Å². The van der Waals surface area contributed by atoms with Gasteiger partial charge >= 0.3 is 0 Å². The molecule has 6 heteroatoms. The number of nitrogens with one attached hydrogen (secondary N) is 2. The lowest BCUT2D eigenvalue weighted by Crippen LogP contribution is -2.25. The molecule has 2 N–H and O–H groups in total. The second-order valence-corrected chi connectivity index (χ2v) is 8.56. The molecular formula is C25H26N4OS. The molecular weight excluding hydrogens is 404 g/mol. The fourth-order valence-corrected chi connectivity index (χ4v) is 4.43. The van der Waals surface area contributed by atoms with Crippen LogP contribution in [0.4, 0.5) is 5.82 Å². The average molecular weight is 431 g/mol. The van der Waals surface area contributed by atoms with Crippen LogP contribution in [0.15, 0.2) is 60.7 Å². The molecule has 2 aromatic heterocycles. The van der Waals surface area contributed by atoms with E-state index in [-0.39, 0.29) is 5.91 Å². The van der Waals surface area contributed by atoms with Crippen molar-refractivity contribution < 1.29 is 4.79 Å². The monoisotopic (exact) mass is 430 g/mol. The highest BCUT2D eigenvalue weighted by atomic mass is 32.1. The maximum atomic E-state index is 12.4. The molecule has 31 heavy (non-hydrogen) atoms. The Hall–Kier alpha value is -3.25. The zero-order valence-electron chi connectivity index (χ0n) is 17.8. The minimum atomic E-state index is -0.0473. The van der Waals surface area contributed by atoms with Crippen LogP contribution in [0.25, 0.3) is 10.2 Å². The zero-order valence-corrected chi connectivity index (χ0v) is 18.6. The average Bonchev–Trinajstić information content (AvgIpc) is 3.21. The summed E-state index contributed by atoms with van der Waals surface area (Å²) in [5, 5.41) is 7.50. The number of nitrogens with zero attached hydrogens (tertiary/aromatic N) is 2. The fourth-order valence-electron chi connectivity index (χ4n) is 3.41. The highest BCUT2D eigenvalue weighted by Gasteiger charge is 2.10. The molecule has 0 aliphatic carbocycles. The third kappa shape index (κ3) is 5.27. The Bertz CT molecular complexity index is 1170. The van der Waals surface area contributed by atoms with Crippen molar-refractivity contribution in [3.8, 4) is 0 Å². The van der Waals surface area contributed by atoms with Gasteiger partial charge in [-0.05, 0) is 49.1 Å². The molecule has 0 atom stereocenters. The van der Waals surface area contributed by atoms with Crippen molar-refractivity contribution in [2.45, 2.75) is 33.2 Å². The Kier molecular flexibility index (Phi) is 6.57. The van der Waals surface area contributed by atoms with Gasteiger partial charge in [0.05, 0.1) is 5.39 Å². The number of aromatic nitrogens is 2. The highest BCUT2D eigenvalue weighted by molar-refractivity contribution is 7.18. The minimum Gasteiger partial charge on any atom is -0.365 e. The standard InChI is InChI=1S/C25H26N4OS/c1-3-21-15-22-23(28-17(2)29-25(22)31-21)27-16-19-9-11-20(12-10-19)24(30)26-14-13-18-7-5-4-6-8-18/h4-12,15H,3,13-14,16H2,1-2H3,(H,26,30)(H,27,28,29). The third-order valence-corrected chi connectivity index (χ3v) is 6.30. The van der Waals surface area contributed by atoms with Crippen LogP contribution in [-0.2, 0) is 19.4 Å². The summed E-state index contributed by atoms with van der Waals surface area (Å²) < 4.78 is 0. The number of thiophene rings is 1. The predicted octanol–water partition coefficient (Wildman–Crippen LogP) is 5.15. The van der Waals surface area contributed by atoms with Gasteiger partial charge < -0.3 is 10.6 Å². The van der Waals surface area contributed by atoms with Gasteiger partial charge in [-0.2, -0.15) is 0 Å². The van der Waals surface area contributed by atoms with E-state index in [1.807, 2.05) is 49.4 Å². The summed E-state index contributed by atoms with van der Waals surface area (Å²) in [5.74, 6) is 1.58. The molecule has 158 valence electrons. The summed E-state index contributed by atoms with van der Waals surface area (Å²) in [6.07, 6.45) is 1.82. The van der Waals surface area contributed by atoms with Gasteiger partial charge in [-0.1, -0.05) is 49.4 Å². The Labute approximate surface area is 186 Å². The second-order valence-electron chi connectivity index (χ2n) is 7.45. The van der Waals surface area contributed by atoms with Gasteiger partial charge in [-0.15, -0.1) is 11.3 Å². The van der Waals surface area contributed by atoms with Crippen LogP contribution >= 0.6 is 11.3 Å². The van der Waals surface area contributed by atoms with Crippen LogP contribution in [0, 0.1) is 6.92 Å². The maximum absolute atomic E-state index is 12.4. The van der Waals surface area contributed by atoms with Gasteiger partial charge in [0.25, 0.3) is 5.91 Å². The first kappa shape index (κ1) is 21.0. The Balaban J connectivity index is 1.35. The van der Waals surface area contributed by atoms with Crippen molar-refractivity contribution in [3.63, 3.8) is 0 Å². The maximum Gasteiger partial charge on any atom is 0.251 e. The number of aryl methyl sites for hydroxylation is 2. The zero-order chi connectivity index (χ0) is 21.6. The Morgan fingerprint density at radius 2 is 1.77 bits per heavy atom. The highest BCUT2D eigenvalue weighted by Crippen LogP contribution is 2.29. The molecule has 2 heterocycles. The van der Waals surface area contributed by atoms with Gasteiger partial charge in [-0.3, -0.25) is 4.79 Å². The van der Waals surface area contributed by atoms with Crippen LogP contribution in [-0.4, -0.2) is 22.4 Å². The molecule has 0 aliphatic rings. The van der Waals surface area contributed by atoms with Crippen molar-refractivity contribution in [1.29, 1.82) is 0 Å². The van der Waals surface area contributed by atoms with Crippen molar-refractivity contribution in [2.75, 3.05) is 11.9 Å². The van der Waals surface area contributed by atoms with E-state index >= 15 is 0 Å². The van der Waals surface area contributed by atoms with Crippen molar-refractivity contribution in [2.24, 2.45) is 0 Å². The summed E-state index contributed by atoms with van der Waals surface area (Å²) in [7, 11) is 0. The number of hydrogen-bond acceptors (Lipinski definition) is 5. The lowest BCUT2D eigenvalue weighted by Gasteiger charge is -2.09. The number of hydrogen-bond donors (Lipinski definition) is 2. The van der Waals surface area contributed by atoms with Gasteiger partial charge in [0.1, 0.15) is 16.5 Å². The van der Waals surface area contributed by atoms with Crippen LogP contribution < -0.4 is 10.6 Å². The second kappa shape index (κ2) is 9.71. The quantitative estimate of drug-likeness (QED) is 0.406. The number of rotatable bonds is 8. The first-order valence-corrected chi connectivity index (χ1v) is 11.4. The predicted molar refractivity (Wildman–Crippen MR) is 128 cm³/mol. The number of carbonyl (C=O) groups is 1. The molecule has 5 nitrogen and oxygen atoms in total. The molecule has 0 aliphatic heterocycles. The van der Waals surface area contributed by atoms with E-state index in [1.54, 1.807) is 11.3 Å². The van der Waals surface area contributed by atoms with E-state index < -0.39 is 0 Å². The molecule has 2 aromatic carbocycles. The molecule has 0 saturated carbocycles. The van der Waals surface area contributed by atoms with E-state index in [1.165, 1.54) is 10.4 Å². The molecule has 4 aromatic rings. The SMILES string of the molecule is CCc1cc2c(NCc3ccc(C(=O)NCCc4ccccc4)cc3)nc(C)nc2s1. The van der Waals surface area contributed by atoms with E-state index in [2.05, 4.69) is 45.7 Å². The molecule has 0 spiro atoms. The van der Waals surface area contributed by atoms with Crippen molar-refractivity contribution in [3.05, 3.63) is 88.1 Å². The molecule has 0 fully saturated rings. The lowest BCUT2D eigenvalue weighted by molar-refractivity contribution is 0.0954. The Morgan fingerprint density at radius 3 is 2.52 bits per heavy atom. The van der Waals surface area contributed by atoms with Crippen LogP contribution in [0.1, 0.15) is 39.1 Å². The van der Waals surface area contributed by atoms with Gasteiger partial charge in [0.2, 0.25) is 0 Å². The summed E-state index contributed by atoms with van der Waals surface area (Å²) in [6, 6.07) is 20.0.